The molecule has 0 saturated heterocycles. The molecule has 1 rings (SSSR count). The molecule has 1 heterocycles. The van der Waals surface area contributed by atoms with Crippen LogP contribution in [-0.2, 0) is 0 Å². The lowest BCUT2D eigenvalue weighted by atomic mass is 10.5. The molecule has 0 spiro atoms. The predicted molar refractivity (Wildman–Crippen MR) is 46.1 cm³/mol. The van der Waals surface area contributed by atoms with Crippen molar-refractivity contribution in [1.82, 2.24) is 9.97 Å². The first-order chi connectivity index (χ1) is 5.29. The fourth-order valence-electron chi connectivity index (χ4n) is 0.775. The predicted octanol–water partition coefficient (Wildman–Crippen LogP) is 1.21. The summed E-state index contributed by atoms with van der Waals surface area (Å²) in [5.41, 5.74) is 0.719. The smallest absolute Gasteiger partial charge is 0.157 e. The molecule has 0 aromatic carbocycles. The molecule has 0 fully saturated rings. The number of aromatic nitrogens is 2. The molecule has 0 aliphatic heterocycles. The number of hydrogen-bond acceptors (Lipinski definition) is 4. The minimum absolute atomic E-state index is 0.423. The van der Waals surface area contributed by atoms with Crippen LogP contribution in [0.2, 0.25) is 5.15 Å². The highest BCUT2D eigenvalue weighted by Crippen LogP contribution is 2.24. The van der Waals surface area contributed by atoms with E-state index in [9.17, 15) is 0 Å². The maximum atomic E-state index is 5.75. The van der Waals surface area contributed by atoms with Gasteiger partial charge in [-0.15, -0.1) is 0 Å². The average molecular weight is 173 g/mol. The van der Waals surface area contributed by atoms with Crippen molar-refractivity contribution < 1.29 is 0 Å². The normalized spacial score (nSPS) is 9.36. The molecule has 1 aromatic heterocycles. The summed E-state index contributed by atoms with van der Waals surface area (Å²) in [4.78, 5) is 7.77. The van der Waals surface area contributed by atoms with E-state index in [1.54, 1.807) is 14.1 Å². The van der Waals surface area contributed by atoms with Crippen molar-refractivity contribution in [2.45, 2.75) is 0 Å². The second kappa shape index (κ2) is 3.39. The molecule has 4 nitrogen and oxygen atoms in total. The topological polar surface area (TPSA) is 49.8 Å². The molecule has 0 aliphatic carbocycles. The summed E-state index contributed by atoms with van der Waals surface area (Å²) in [5.74, 6) is 0.701. The summed E-state index contributed by atoms with van der Waals surface area (Å²) >= 11 is 5.75. The van der Waals surface area contributed by atoms with E-state index < -0.39 is 0 Å². The number of nitrogens with one attached hydrogen (secondary N) is 2. The van der Waals surface area contributed by atoms with Crippen molar-refractivity contribution >= 4 is 23.1 Å². The van der Waals surface area contributed by atoms with Crippen LogP contribution in [-0.4, -0.2) is 24.1 Å². The van der Waals surface area contributed by atoms with Gasteiger partial charge < -0.3 is 10.6 Å². The number of anilines is 2. The zero-order valence-electron chi connectivity index (χ0n) is 6.35. The zero-order valence-corrected chi connectivity index (χ0v) is 7.11. The molecule has 2 N–H and O–H groups in total. The van der Waals surface area contributed by atoms with E-state index in [0.29, 0.717) is 11.0 Å². The van der Waals surface area contributed by atoms with Crippen LogP contribution in [0.1, 0.15) is 0 Å². The Morgan fingerprint density at radius 1 is 1.27 bits per heavy atom. The van der Waals surface area contributed by atoms with Gasteiger partial charge in [-0.2, -0.15) is 0 Å². The van der Waals surface area contributed by atoms with Crippen LogP contribution in [0.3, 0.4) is 0 Å². The van der Waals surface area contributed by atoms with Gasteiger partial charge in [0.1, 0.15) is 12.0 Å². The molecule has 0 unspecified atom stereocenters. The van der Waals surface area contributed by atoms with Crippen molar-refractivity contribution in [2.24, 2.45) is 0 Å². The molecular weight excluding hydrogens is 164 g/mol. The SMILES string of the molecule is CNc1ncnc(Cl)c1NC. The molecule has 0 aliphatic rings. The van der Waals surface area contributed by atoms with E-state index in [2.05, 4.69) is 20.6 Å². The first-order valence-corrected chi connectivity index (χ1v) is 3.53. The second-order valence-electron chi connectivity index (χ2n) is 1.89. The van der Waals surface area contributed by atoms with Crippen LogP contribution in [0.4, 0.5) is 11.5 Å². The molecule has 5 heteroatoms. The lowest BCUT2D eigenvalue weighted by molar-refractivity contribution is 1.15. The van der Waals surface area contributed by atoms with Gasteiger partial charge in [0.05, 0.1) is 0 Å². The van der Waals surface area contributed by atoms with E-state index in [-0.39, 0.29) is 0 Å². The highest BCUT2D eigenvalue weighted by Gasteiger charge is 2.04. The van der Waals surface area contributed by atoms with E-state index in [0.717, 1.165) is 5.69 Å². The fourth-order valence-corrected chi connectivity index (χ4v) is 1.00. The summed E-state index contributed by atoms with van der Waals surface area (Å²) in [5, 5.41) is 6.21. The zero-order chi connectivity index (χ0) is 8.27. The van der Waals surface area contributed by atoms with E-state index in [1.165, 1.54) is 6.33 Å². The van der Waals surface area contributed by atoms with Crippen LogP contribution in [0.5, 0.6) is 0 Å². The van der Waals surface area contributed by atoms with Gasteiger partial charge in [0, 0.05) is 14.1 Å². The van der Waals surface area contributed by atoms with Gasteiger partial charge in [-0.25, -0.2) is 9.97 Å². The summed E-state index contributed by atoms with van der Waals surface area (Å²) in [7, 11) is 3.55. The Hall–Kier alpha value is -1.03. The quantitative estimate of drug-likeness (QED) is 0.659. The third kappa shape index (κ3) is 1.51. The van der Waals surface area contributed by atoms with Gasteiger partial charge in [0.15, 0.2) is 11.0 Å². The maximum absolute atomic E-state index is 5.75. The first-order valence-electron chi connectivity index (χ1n) is 3.15. The molecule has 0 bridgehead atoms. The standard InChI is InChI=1S/C6H9ClN4/c1-8-4-5(7)10-3-11-6(4)9-2/h3,8H,1-2H3,(H,9,10,11). The number of hydrogen-bond donors (Lipinski definition) is 2. The van der Waals surface area contributed by atoms with E-state index in [1.807, 2.05) is 0 Å². The van der Waals surface area contributed by atoms with Crippen molar-refractivity contribution in [2.75, 3.05) is 24.7 Å². The van der Waals surface area contributed by atoms with Crippen molar-refractivity contribution in [1.29, 1.82) is 0 Å². The number of halogens is 1. The Kier molecular flexibility index (Phi) is 2.48. The van der Waals surface area contributed by atoms with E-state index >= 15 is 0 Å². The Morgan fingerprint density at radius 3 is 2.45 bits per heavy atom. The molecule has 60 valence electrons. The Bertz CT molecular complexity index is 250. The molecule has 0 amide bonds. The summed E-state index contributed by atoms with van der Waals surface area (Å²) in [6, 6.07) is 0. The van der Waals surface area contributed by atoms with Crippen molar-refractivity contribution in [3.05, 3.63) is 11.5 Å². The minimum atomic E-state index is 0.423. The second-order valence-corrected chi connectivity index (χ2v) is 2.25. The summed E-state index contributed by atoms with van der Waals surface area (Å²) in [6.07, 6.45) is 1.41. The average Bonchev–Trinajstić information content (AvgIpc) is 2.04. The highest BCUT2D eigenvalue weighted by molar-refractivity contribution is 6.32. The molecule has 0 saturated carbocycles. The van der Waals surface area contributed by atoms with Crippen molar-refractivity contribution in [3.8, 4) is 0 Å². The molecule has 0 atom stereocenters. The molecular formula is C6H9ClN4. The molecule has 0 radical (unpaired) electrons. The van der Waals surface area contributed by atoms with Gasteiger partial charge in [-0.05, 0) is 0 Å². The Labute approximate surface area is 70.0 Å². The maximum Gasteiger partial charge on any atom is 0.157 e. The van der Waals surface area contributed by atoms with Gasteiger partial charge in [-0.1, -0.05) is 11.6 Å². The van der Waals surface area contributed by atoms with Crippen LogP contribution in [0.15, 0.2) is 6.33 Å². The van der Waals surface area contributed by atoms with Crippen LogP contribution in [0.25, 0.3) is 0 Å². The summed E-state index contributed by atoms with van der Waals surface area (Å²) in [6.45, 7) is 0. The Morgan fingerprint density at radius 2 is 2.00 bits per heavy atom. The lowest BCUT2D eigenvalue weighted by Gasteiger charge is -2.06. The third-order valence-corrected chi connectivity index (χ3v) is 1.57. The number of nitrogens with zero attached hydrogens (tertiary/aromatic N) is 2. The largest absolute Gasteiger partial charge is 0.383 e. The van der Waals surface area contributed by atoms with Crippen LogP contribution >= 0.6 is 11.6 Å². The van der Waals surface area contributed by atoms with Crippen LogP contribution < -0.4 is 10.6 Å². The monoisotopic (exact) mass is 172 g/mol. The lowest BCUT2D eigenvalue weighted by Crippen LogP contribution is -2.00. The molecule has 1 aromatic rings. The first kappa shape index (κ1) is 8.07. The highest BCUT2D eigenvalue weighted by atomic mass is 35.5. The van der Waals surface area contributed by atoms with Gasteiger partial charge >= 0.3 is 0 Å². The Balaban J connectivity index is 3.13. The number of rotatable bonds is 2. The van der Waals surface area contributed by atoms with Crippen molar-refractivity contribution in [3.63, 3.8) is 0 Å². The fraction of sp³-hybridized carbons (Fsp3) is 0.333. The van der Waals surface area contributed by atoms with Gasteiger partial charge in [0.2, 0.25) is 0 Å². The summed E-state index contributed by atoms with van der Waals surface area (Å²) < 4.78 is 0. The van der Waals surface area contributed by atoms with Gasteiger partial charge in [0.25, 0.3) is 0 Å². The molecule has 11 heavy (non-hydrogen) atoms. The third-order valence-electron chi connectivity index (χ3n) is 1.29. The van der Waals surface area contributed by atoms with Gasteiger partial charge in [-0.3, -0.25) is 0 Å². The van der Waals surface area contributed by atoms with E-state index in [4.69, 9.17) is 11.6 Å². The van der Waals surface area contributed by atoms with Crippen LogP contribution in [0, 0.1) is 0 Å². The minimum Gasteiger partial charge on any atom is -0.383 e.